The fraction of sp³-hybridized carbons (Fsp3) is 0.562. The van der Waals surface area contributed by atoms with Crippen LogP contribution in [0.15, 0.2) is 11.0 Å². The molecule has 1 aliphatic heterocycles. The summed E-state index contributed by atoms with van der Waals surface area (Å²) >= 11 is 5.57. The number of hydrogen-bond donors (Lipinski definition) is 0. The molecular weight excluding hydrogens is 308 g/mol. The van der Waals surface area contributed by atoms with E-state index in [1.165, 1.54) is 0 Å². The van der Waals surface area contributed by atoms with Crippen LogP contribution in [0.25, 0.3) is 0 Å². The maximum Gasteiger partial charge on any atom is 0.338 e. The number of fused-ring (bicyclic) bond motifs is 1. The van der Waals surface area contributed by atoms with E-state index < -0.39 is 10.8 Å². The number of aryl methyl sites for hydroxylation is 1. The van der Waals surface area contributed by atoms with Crippen LogP contribution in [0.5, 0.6) is 0 Å². The summed E-state index contributed by atoms with van der Waals surface area (Å²) in [6, 6.07) is 1.80. The van der Waals surface area contributed by atoms with Gasteiger partial charge in [-0.3, -0.25) is 4.21 Å². The lowest BCUT2D eigenvalue weighted by atomic mass is 9.77. The van der Waals surface area contributed by atoms with Gasteiger partial charge < -0.3 is 4.74 Å². The van der Waals surface area contributed by atoms with Gasteiger partial charge in [-0.15, -0.1) is 11.6 Å². The number of ether oxygens (including phenoxy) is 1. The molecule has 1 heterocycles. The first-order valence-electron chi connectivity index (χ1n) is 7.05. The van der Waals surface area contributed by atoms with Crippen molar-refractivity contribution in [3.63, 3.8) is 0 Å². The highest BCUT2D eigenvalue weighted by Crippen LogP contribution is 2.41. The van der Waals surface area contributed by atoms with Crippen LogP contribution in [0.3, 0.4) is 0 Å². The molecule has 5 heteroatoms. The fourth-order valence-electron chi connectivity index (χ4n) is 3.00. The van der Waals surface area contributed by atoms with Crippen molar-refractivity contribution in [3.8, 4) is 0 Å². The molecule has 1 aromatic carbocycles. The number of benzene rings is 1. The molecule has 0 radical (unpaired) electrons. The van der Waals surface area contributed by atoms with Crippen LogP contribution < -0.4 is 0 Å². The Hall–Kier alpha value is -0.870. The Morgan fingerprint density at radius 2 is 2.10 bits per heavy atom. The van der Waals surface area contributed by atoms with Crippen LogP contribution in [0, 0.1) is 13.8 Å². The van der Waals surface area contributed by atoms with Gasteiger partial charge in [-0.2, -0.15) is 0 Å². The molecule has 0 bridgehead atoms. The van der Waals surface area contributed by atoms with E-state index in [4.69, 9.17) is 16.3 Å². The predicted octanol–water partition coefficient (Wildman–Crippen LogP) is 3.49. The summed E-state index contributed by atoms with van der Waals surface area (Å²) in [5.74, 6) is 0.604. The zero-order valence-electron chi connectivity index (χ0n) is 12.9. The first-order valence-corrected chi connectivity index (χ1v) is 8.91. The lowest BCUT2D eigenvalue weighted by Crippen LogP contribution is -2.30. The Kier molecular flexibility index (Phi) is 4.79. The van der Waals surface area contributed by atoms with Crippen LogP contribution >= 0.6 is 11.6 Å². The zero-order valence-corrected chi connectivity index (χ0v) is 14.5. The molecule has 1 aromatic rings. The first-order chi connectivity index (χ1) is 9.79. The van der Waals surface area contributed by atoms with E-state index in [0.29, 0.717) is 11.3 Å². The van der Waals surface area contributed by atoms with Crippen molar-refractivity contribution >= 4 is 28.4 Å². The van der Waals surface area contributed by atoms with E-state index in [1.54, 1.807) is 6.07 Å². The Balaban J connectivity index is 2.61. The predicted molar refractivity (Wildman–Crippen MR) is 85.8 cm³/mol. The maximum absolute atomic E-state index is 12.4. The summed E-state index contributed by atoms with van der Waals surface area (Å²) < 4.78 is 17.5. The smallest absolute Gasteiger partial charge is 0.338 e. The number of hydrogen-bond acceptors (Lipinski definition) is 3. The van der Waals surface area contributed by atoms with Crippen molar-refractivity contribution in [1.29, 1.82) is 0 Å². The first kappa shape index (κ1) is 16.5. The molecule has 0 saturated carbocycles. The molecule has 0 amide bonds. The van der Waals surface area contributed by atoms with Crippen LogP contribution in [0.1, 0.15) is 47.3 Å². The highest BCUT2D eigenvalue weighted by molar-refractivity contribution is 7.85. The Labute approximate surface area is 133 Å². The second-order valence-corrected chi connectivity index (χ2v) is 7.96. The van der Waals surface area contributed by atoms with Gasteiger partial charge in [-0.1, -0.05) is 13.8 Å². The maximum atomic E-state index is 12.4. The quantitative estimate of drug-likeness (QED) is 0.630. The van der Waals surface area contributed by atoms with Gasteiger partial charge in [0.05, 0.1) is 22.2 Å². The minimum absolute atomic E-state index is 0.0825. The highest BCUT2D eigenvalue weighted by Gasteiger charge is 2.35. The lowest BCUT2D eigenvalue weighted by Gasteiger charge is -2.35. The third kappa shape index (κ3) is 3.02. The molecule has 0 saturated heterocycles. The lowest BCUT2D eigenvalue weighted by molar-refractivity contribution is 0.0527. The van der Waals surface area contributed by atoms with Crippen molar-refractivity contribution in [3.05, 3.63) is 28.3 Å². The van der Waals surface area contributed by atoms with Gasteiger partial charge in [0.1, 0.15) is 6.61 Å². The van der Waals surface area contributed by atoms with Gasteiger partial charge in [-0.05, 0) is 48.4 Å². The van der Waals surface area contributed by atoms with Gasteiger partial charge in [0.25, 0.3) is 0 Å². The molecule has 116 valence electrons. The molecule has 0 spiro atoms. The average Bonchev–Trinajstić information content (AvgIpc) is 2.42. The highest BCUT2D eigenvalue weighted by atomic mass is 35.5. The second kappa shape index (κ2) is 6.09. The van der Waals surface area contributed by atoms with Crippen molar-refractivity contribution in [2.75, 3.05) is 18.2 Å². The molecule has 21 heavy (non-hydrogen) atoms. The molecule has 0 aromatic heterocycles. The monoisotopic (exact) mass is 328 g/mol. The van der Waals surface area contributed by atoms with E-state index in [1.807, 2.05) is 13.8 Å². The number of alkyl halides is 1. The van der Waals surface area contributed by atoms with Gasteiger partial charge in [-0.25, -0.2) is 4.79 Å². The largest absolute Gasteiger partial charge is 0.461 e. The number of carbonyl (C=O) groups excluding carboxylic acids is 1. The van der Waals surface area contributed by atoms with Crippen molar-refractivity contribution in [2.45, 2.75) is 44.4 Å². The third-order valence-electron chi connectivity index (χ3n) is 4.07. The van der Waals surface area contributed by atoms with Gasteiger partial charge in [0, 0.05) is 10.6 Å². The SMILES string of the molecule is Cc1cc(C(=O)OCCCl)c(C)c2c1S(=O)CCC2(C)C. The molecule has 2 rings (SSSR count). The average molecular weight is 329 g/mol. The topological polar surface area (TPSA) is 43.4 Å². The van der Waals surface area contributed by atoms with Crippen molar-refractivity contribution in [2.24, 2.45) is 0 Å². The molecule has 1 aliphatic rings. The molecular formula is C16H21ClO3S. The number of carbonyl (C=O) groups is 1. The third-order valence-corrected chi connectivity index (χ3v) is 5.78. The van der Waals surface area contributed by atoms with E-state index in [-0.39, 0.29) is 23.9 Å². The molecule has 0 N–H and O–H groups in total. The summed E-state index contributed by atoms with van der Waals surface area (Å²) in [5, 5.41) is 0. The van der Waals surface area contributed by atoms with E-state index in [9.17, 15) is 9.00 Å². The molecule has 0 aliphatic carbocycles. The number of esters is 1. The standard InChI is InChI=1S/C16H21ClO3S/c1-10-9-12(15(18)20-7-6-17)11(2)13-14(10)21(19)8-5-16(13,3)4/h9H,5-8H2,1-4H3. The second-order valence-electron chi connectivity index (χ2n) is 6.08. The minimum atomic E-state index is -0.984. The molecule has 0 fully saturated rings. The van der Waals surface area contributed by atoms with Gasteiger partial charge >= 0.3 is 5.97 Å². The Morgan fingerprint density at radius 1 is 1.43 bits per heavy atom. The molecule has 1 atom stereocenters. The number of halogens is 1. The van der Waals surface area contributed by atoms with Gasteiger partial charge in [0.15, 0.2) is 0 Å². The summed E-state index contributed by atoms with van der Waals surface area (Å²) in [5.41, 5.74) is 3.31. The number of rotatable bonds is 3. The Bertz CT molecular complexity index is 608. The molecule has 3 nitrogen and oxygen atoms in total. The zero-order chi connectivity index (χ0) is 15.8. The van der Waals surface area contributed by atoms with Crippen LogP contribution in [0.4, 0.5) is 0 Å². The van der Waals surface area contributed by atoms with Crippen LogP contribution in [-0.4, -0.2) is 28.4 Å². The minimum Gasteiger partial charge on any atom is -0.461 e. The normalized spacial score (nSPS) is 20.0. The van der Waals surface area contributed by atoms with E-state index in [2.05, 4.69) is 13.8 Å². The van der Waals surface area contributed by atoms with E-state index in [0.717, 1.165) is 28.0 Å². The summed E-state index contributed by atoms with van der Waals surface area (Å²) in [7, 11) is -0.984. The Morgan fingerprint density at radius 3 is 2.71 bits per heavy atom. The van der Waals surface area contributed by atoms with Crippen molar-refractivity contribution < 1.29 is 13.7 Å². The van der Waals surface area contributed by atoms with Crippen LogP contribution in [-0.2, 0) is 21.0 Å². The van der Waals surface area contributed by atoms with E-state index >= 15 is 0 Å². The fourth-order valence-corrected chi connectivity index (χ4v) is 5.05. The summed E-state index contributed by atoms with van der Waals surface area (Å²) in [6.07, 6.45) is 0.854. The van der Waals surface area contributed by atoms with Crippen molar-refractivity contribution in [1.82, 2.24) is 0 Å². The molecule has 1 unspecified atom stereocenters. The summed E-state index contributed by atoms with van der Waals surface area (Å²) in [4.78, 5) is 13.1. The van der Waals surface area contributed by atoms with Crippen LogP contribution in [0.2, 0.25) is 0 Å². The van der Waals surface area contributed by atoms with Gasteiger partial charge in [0.2, 0.25) is 0 Å². The summed E-state index contributed by atoms with van der Waals surface area (Å²) in [6.45, 7) is 8.31.